The number of hydrogen-bond donors (Lipinski definition) is 1. The number of rotatable bonds is 6. The maximum absolute atomic E-state index is 12.1. The topological polar surface area (TPSA) is 71.9 Å². The molecule has 1 fully saturated rings. The number of aliphatic carboxylic acids is 1. The number of hydrogen-bond acceptors (Lipinski definition) is 5. The Bertz CT molecular complexity index is 1050. The van der Waals surface area contributed by atoms with Crippen molar-refractivity contribution >= 4 is 16.9 Å². The van der Waals surface area contributed by atoms with Crippen molar-refractivity contribution in [2.24, 2.45) is 0 Å². The average Bonchev–Trinajstić information content (AvgIpc) is 2.79. The molecule has 0 saturated carbocycles. The van der Waals surface area contributed by atoms with Crippen LogP contribution in [0.25, 0.3) is 10.9 Å². The van der Waals surface area contributed by atoms with Gasteiger partial charge in [-0.15, -0.1) is 0 Å². The zero-order chi connectivity index (χ0) is 21.1. The van der Waals surface area contributed by atoms with E-state index in [4.69, 9.17) is 9.47 Å². The average molecular weight is 406 g/mol. The molecular formula is C24H26N2O4. The van der Waals surface area contributed by atoms with Crippen LogP contribution in [-0.4, -0.2) is 47.8 Å². The van der Waals surface area contributed by atoms with Crippen LogP contribution in [0.1, 0.15) is 36.4 Å². The summed E-state index contributed by atoms with van der Waals surface area (Å²) in [7, 11) is 3.22. The van der Waals surface area contributed by atoms with Crippen molar-refractivity contribution in [3.63, 3.8) is 0 Å². The number of aromatic nitrogens is 1. The van der Waals surface area contributed by atoms with Crippen molar-refractivity contribution in [2.45, 2.75) is 31.3 Å². The lowest BCUT2D eigenvalue weighted by atomic mass is 9.91. The maximum Gasteiger partial charge on any atom is 0.320 e. The van der Waals surface area contributed by atoms with Gasteiger partial charge in [-0.25, -0.2) is 0 Å². The van der Waals surface area contributed by atoms with Crippen molar-refractivity contribution in [1.29, 1.82) is 0 Å². The first-order valence-corrected chi connectivity index (χ1v) is 10.2. The number of likely N-dealkylation sites (tertiary alicyclic amines) is 1. The van der Waals surface area contributed by atoms with Crippen LogP contribution in [0.15, 0.2) is 54.7 Å². The molecule has 6 nitrogen and oxygen atoms in total. The Morgan fingerprint density at radius 3 is 2.73 bits per heavy atom. The minimum atomic E-state index is -0.796. The second-order valence-corrected chi connectivity index (χ2v) is 7.53. The molecule has 6 heteroatoms. The molecule has 0 radical (unpaired) electrons. The van der Waals surface area contributed by atoms with E-state index in [1.807, 2.05) is 48.7 Å². The van der Waals surface area contributed by atoms with Gasteiger partial charge in [0.15, 0.2) is 11.5 Å². The SMILES string of the molecule is COc1cccc(C(c2cnc3ccccc3c2)N2CCCCC2C(=O)O)c1OC. The zero-order valence-electron chi connectivity index (χ0n) is 17.2. The van der Waals surface area contributed by atoms with E-state index in [-0.39, 0.29) is 6.04 Å². The number of methoxy groups -OCH3 is 2. The largest absolute Gasteiger partial charge is 0.493 e. The normalized spacial score (nSPS) is 18.1. The first-order valence-electron chi connectivity index (χ1n) is 10.2. The second kappa shape index (κ2) is 8.71. The number of benzene rings is 2. The molecule has 1 aliphatic rings. The molecule has 0 aliphatic carbocycles. The van der Waals surface area contributed by atoms with Crippen molar-refractivity contribution in [2.75, 3.05) is 20.8 Å². The molecule has 1 saturated heterocycles. The van der Waals surface area contributed by atoms with Gasteiger partial charge in [-0.05, 0) is 43.1 Å². The molecule has 0 spiro atoms. The fourth-order valence-corrected chi connectivity index (χ4v) is 4.44. The third kappa shape index (κ3) is 3.71. The van der Waals surface area contributed by atoms with E-state index in [0.29, 0.717) is 24.5 Å². The van der Waals surface area contributed by atoms with E-state index >= 15 is 0 Å². The van der Waals surface area contributed by atoms with Crippen molar-refractivity contribution in [1.82, 2.24) is 9.88 Å². The summed E-state index contributed by atoms with van der Waals surface area (Å²) in [6.07, 6.45) is 4.33. The molecule has 30 heavy (non-hydrogen) atoms. The Labute approximate surface area is 176 Å². The zero-order valence-corrected chi connectivity index (χ0v) is 17.2. The van der Waals surface area contributed by atoms with Gasteiger partial charge in [-0.3, -0.25) is 14.7 Å². The quantitative estimate of drug-likeness (QED) is 0.659. The standard InChI is InChI=1S/C24H26N2O4/c1-29-21-12-7-9-18(23(21)30-2)22(26-13-6-5-11-20(26)24(27)28)17-14-16-8-3-4-10-19(16)25-15-17/h3-4,7-10,12,14-15,20,22H,5-6,11,13H2,1-2H3,(H,27,28). The Balaban J connectivity index is 1.92. The van der Waals surface area contributed by atoms with Crippen LogP contribution < -0.4 is 9.47 Å². The number of carboxylic acid groups (broad SMARTS) is 1. The summed E-state index contributed by atoms with van der Waals surface area (Å²) in [6, 6.07) is 14.9. The van der Waals surface area contributed by atoms with Crippen molar-refractivity contribution in [3.05, 3.63) is 65.9 Å². The van der Waals surface area contributed by atoms with Gasteiger partial charge < -0.3 is 14.6 Å². The van der Waals surface area contributed by atoms with Crippen molar-refractivity contribution in [3.8, 4) is 11.5 Å². The molecule has 0 bridgehead atoms. The molecule has 156 valence electrons. The number of pyridine rings is 1. The van der Waals surface area contributed by atoms with Crippen LogP contribution in [0, 0.1) is 0 Å². The molecule has 1 aromatic heterocycles. The summed E-state index contributed by atoms with van der Waals surface area (Å²) in [5.41, 5.74) is 2.72. The number of para-hydroxylation sites is 2. The van der Waals surface area contributed by atoms with E-state index in [1.54, 1.807) is 14.2 Å². The molecule has 4 rings (SSSR count). The van der Waals surface area contributed by atoms with Gasteiger partial charge in [0.25, 0.3) is 0 Å². The van der Waals surface area contributed by atoms with Gasteiger partial charge in [0, 0.05) is 17.1 Å². The number of piperidine rings is 1. The van der Waals surface area contributed by atoms with Crippen LogP contribution in [0.3, 0.4) is 0 Å². The third-order valence-corrected chi connectivity index (χ3v) is 5.82. The Morgan fingerprint density at radius 1 is 1.13 bits per heavy atom. The predicted octanol–water partition coefficient (Wildman–Crippen LogP) is 4.28. The molecule has 2 aromatic carbocycles. The second-order valence-electron chi connectivity index (χ2n) is 7.53. The lowest BCUT2D eigenvalue weighted by molar-refractivity contribution is -0.145. The first kappa shape index (κ1) is 20.2. The highest BCUT2D eigenvalue weighted by atomic mass is 16.5. The molecule has 2 atom stereocenters. The van der Waals surface area contributed by atoms with Crippen LogP contribution in [0.4, 0.5) is 0 Å². The summed E-state index contributed by atoms with van der Waals surface area (Å²) < 4.78 is 11.2. The van der Waals surface area contributed by atoms with Crippen LogP contribution in [0.2, 0.25) is 0 Å². The van der Waals surface area contributed by atoms with E-state index in [1.165, 1.54) is 0 Å². The number of carboxylic acids is 1. The molecule has 3 aromatic rings. The highest BCUT2D eigenvalue weighted by molar-refractivity contribution is 5.79. The van der Waals surface area contributed by atoms with Gasteiger partial charge in [0.2, 0.25) is 0 Å². The van der Waals surface area contributed by atoms with Crippen molar-refractivity contribution < 1.29 is 19.4 Å². The van der Waals surface area contributed by atoms with Gasteiger partial charge in [-0.1, -0.05) is 36.8 Å². The summed E-state index contributed by atoms with van der Waals surface area (Å²) in [5.74, 6) is 0.445. The minimum absolute atomic E-state index is 0.312. The van der Waals surface area contributed by atoms with Crippen LogP contribution in [0.5, 0.6) is 11.5 Å². The monoisotopic (exact) mass is 406 g/mol. The lowest BCUT2D eigenvalue weighted by Gasteiger charge is -2.40. The molecule has 1 N–H and O–H groups in total. The maximum atomic E-state index is 12.1. The third-order valence-electron chi connectivity index (χ3n) is 5.82. The summed E-state index contributed by atoms with van der Waals surface area (Å²) >= 11 is 0. The van der Waals surface area contributed by atoms with Gasteiger partial charge in [-0.2, -0.15) is 0 Å². The molecule has 1 aliphatic heterocycles. The van der Waals surface area contributed by atoms with E-state index in [9.17, 15) is 9.90 Å². The van der Waals surface area contributed by atoms with E-state index in [0.717, 1.165) is 34.9 Å². The first-order chi connectivity index (χ1) is 14.6. The number of carbonyl (C=O) groups is 1. The Hall–Kier alpha value is -3.12. The highest BCUT2D eigenvalue weighted by Gasteiger charge is 2.37. The van der Waals surface area contributed by atoms with Crippen LogP contribution in [-0.2, 0) is 4.79 Å². The predicted molar refractivity (Wildman–Crippen MR) is 115 cm³/mol. The van der Waals surface area contributed by atoms with Crippen LogP contribution >= 0.6 is 0 Å². The summed E-state index contributed by atoms with van der Waals surface area (Å²) in [4.78, 5) is 18.8. The Morgan fingerprint density at radius 2 is 1.97 bits per heavy atom. The molecule has 2 heterocycles. The molecule has 0 amide bonds. The fraction of sp³-hybridized carbons (Fsp3) is 0.333. The molecule has 2 unspecified atom stereocenters. The minimum Gasteiger partial charge on any atom is -0.493 e. The van der Waals surface area contributed by atoms with E-state index in [2.05, 4.69) is 16.0 Å². The van der Waals surface area contributed by atoms with E-state index < -0.39 is 12.0 Å². The smallest absolute Gasteiger partial charge is 0.320 e. The number of fused-ring (bicyclic) bond motifs is 1. The van der Waals surface area contributed by atoms with Gasteiger partial charge >= 0.3 is 5.97 Å². The lowest BCUT2D eigenvalue weighted by Crippen LogP contribution is -2.47. The highest BCUT2D eigenvalue weighted by Crippen LogP contribution is 2.42. The van der Waals surface area contributed by atoms with Gasteiger partial charge in [0.1, 0.15) is 6.04 Å². The van der Waals surface area contributed by atoms with Gasteiger partial charge in [0.05, 0.1) is 25.8 Å². The fourth-order valence-electron chi connectivity index (χ4n) is 4.44. The number of nitrogens with zero attached hydrogens (tertiary/aromatic N) is 2. The number of ether oxygens (including phenoxy) is 2. The summed E-state index contributed by atoms with van der Waals surface area (Å²) in [5, 5.41) is 11.0. The Kier molecular flexibility index (Phi) is 5.86. The summed E-state index contributed by atoms with van der Waals surface area (Å²) in [6.45, 7) is 0.689. The molecular weight excluding hydrogens is 380 g/mol.